The molecule has 4 nitrogen and oxygen atoms in total. The van der Waals surface area contributed by atoms with Crippen molar-refractivity contribution in [1.82, 2.24) is 5.32 Å². The summed E-state index contributed by atoms with van der Waals surface area (Å²) in [5, 5.41) is 28.0. The maximum Gasteiger partial charge on any atom is 0.217 e. The van der Waals surface area contributed by atoms with E-state index in [1.807, 2.05) is 24.3 Å². The Kier molecular flexibility index (Phi) is 5.78. The molecule has 38 heavy (non-hydrogen) atoms. The SMILES string of the molecule is N=C=C1C(=S)N[C@@](O)(C23CC4CC(CC(C4)C2)C3)[C@H]([n+]2ccc3ccccc3c2)[C@H]1c1ccc(Cl)c(Cl)c1. The first-order valence-electron chi connectivity index (χ1n) is 13.5. The summed E-state index contributed by atoms with van der Waals surface area (Å²) in [6, 6.07) is 15.5. The smallest absolute Gasteiger partial charge is 0.217 e. The van der Waals surface area contributed by atoms with E-state index >= 15 is 0 Å². The maximum absolute atomic E-state index is 13.2. The van der Waals surface area contributed by atoms with Crippen LogP contribution in [0.5, 0.6) is 0 Å². The van der Waals surface area contributed by atoms with Gasteiger partial charge in [-0.05, 0) is 91.3 Å². The average Bonchev–Trinajstić information content (AvgIpc) is 2.89. The third-order valence-electron chi connectivity index (χ3n) is 9.92. The Morgan fingerprint density at radius 1 is 0.947 bits per heavy atom. The molecule has 2 heterocycles. The molecule has 1 aliphatic heterocycles. The van der Waals surface area contributed by atoms with E-state index in [2.05, 4.69) is 46.3 Å². The lowest BCUT2D eigenvalue weighted by Crippen LogP contribution is -2.75. The molecule has 194 valence electrons. The molecule has 4 saturated carbocycles. The van der Waals surface area contributed by atoms with E-state index in [9.17, 15) is 5.11 Å². The Balaban J connectivity index is 1.48. The Hall–Kier alpha value is -2.27. The van der Waals surface area contributed by atoms with Crippen molar-refractivity contribution in [1.29, 1.82) is 5.41 Å². The van der Waals surface area contributed by atoms with Crippen molar-refractivity contribution in [2.75, 3.05) is 0 Å². The summed E-state index contributed by atoms with van der Waals surface area (Å²) < 4.78 is 2.14. The summed E-state index contributed by atoms with van der Waals surface area (Å²) in [6.45, 7) is 0. The number of pyridine rings is 1. The van der Waals surface area contributed by atoms with Crippen molar-refractivity contribution in [3.05, 3.63) is 82.1 Å². The zero-order valence-corrected chi connectivity index (χ0v) is 23.3. The number of nitrogens with one attached hydrogen (secondary N) is 2. The lowest BCUT2D eigenvalue weighted by atomic mass is 9.45. The van der Waals surface area contributed by atoms with Gasteiger partial charge in [0.15, 0.2) is 12.4 Å². The molecule has 0 unspecified atom stereocenters. The molecule has 7 heteroatoms. The number of benzene rings is 2. The lowest BCUT2D eigenvalue weighted by molar-refractivity contribution is -0.744. The number of fused-ring (bicyclic) bond motifs is 1. The number of aliphatic hydroxyl groups is 1. The highest BCUT2D eigenvalue weighted by Crippen LogP contribution is 2.66. The van der Waals surface area contributed by atoms with Crippen molar-refractivity contribution >= 4 is 57.1 Å². The molecule has 4 aliphatic carbocycles. The summed E-state index contributed by atoms with van der Waals surface area (Å²) in [5.41, 5.74) is -0.202. The van der Waals surface area contributed by atoms with Crippen molar-refractivity contribution in [3.8, 4) is 0 Å². The molecule has 3 N–H and O–H groups in total. The van der Waals surface area contributed by atoms with Crippen LogP contribution in [0.15, 0.2) is 66.5 Å². The van der Waals surface area contributed by atoms with Crippen LogP contribution in [-0.2, 0) is 0 Å². The number of piperidine rings is 1. The fraction of sp³-hybridized carbons (Fsp3) is 0.419. The number of halogens is 2. The first-order chi connectivity index (χ1) is 18.3. The minimum atomic E-state index is -1.32. The summed E-state index contributed by atoms with van der Waals surface area (Å²) in [6.07, 6.45) is 11.0. The summed E-state index contributed by atoms with van der Waals surface area (Å²) in [5.74, 6) is 4.15. The molecule has 0 amide bonds. The molecule has 0 radical (unpaired) electrons. The summed E-state index contributed by atoms with van der Waals surface area (Å²) in [4.78, 5) is 0.395. The zero-order chi connectivity index (χ0) is 26.2. The van der Waals surface area contributed by atoms with E-state index < -0.39 is 17.7 Å². The first kappa shape index (κ1) is 24.7. The number of aromatic nitrogens is 1. The third kappa shape index (κ3) is 3.63. The van der Waals surface area contributed by atoms with Crippen molar-refractivity contribution < 1.29 is 9.67 Å². The lowest BCUT2D eigenvalue weighted by Gasteiger charge is -2.63. The number of thiocarbonyl (C=S) groups is 1. The van der Waals surface area contributed by atoms with Crippen LogP contribution in [-0.4, -0.2) is 21.7 Å². The van der Waals surface area contributed by atoms with Crippen LogP contribution in [0, 0.1) is 28.6 Å². The summed E-state index contributed by atoms with van der Waals surface area (Å²) >= 11 is 18.7. The van der Waals surface area contributed by atoms with Gasteiger partial charge in [-0.3, -0.25) is 5.41 Å². The monoisotopic (exact) mass is 562 g/mol. The standard InChI is InChI=1S/C31H29Cl2N3OS/c32-25-6-5-22(12-26(25)33)27-24(16-34)29(38)35-31(37,30-13-18-9-19(14-30)11-20(10-18)15-30)28(27)36-8-7-21-3-1-2-4-23(21)17-36/h1-8,12,17-20,27-28,34,37H,9-11,13-15H2/p+1/t18?,19?,20?,27-,28+,30?,31-/m0/s1. The molecule has 3 atom stereocenters. The van der Waals surface area contributed by atoms with E-state index in [-0.39, 0.29) is 5.41 Å². The fourth-order valence-electron chi connectivity index (χ4n) is 8.78. The number of hydrogen-bond donors (Lipinski definition) is 3. The van der Waals surface area contributed by atoms with Gasteiger partial charge in [0.05, 0.1) is 21.5 Å². The van der Waals surface area contributed by atoms with Gasteiger partial charge < -0.3 is 10.4 Å². The van der Waals surface area contributed by atoms with Gasteiger partial charge in [-0.1, -0.05) is 59.7 Å². The zero-order valence-electron chi connectivity index (χ0n) is 21.0. The van der Waals surface area contributed by atoms with Gasteiger partial charge in [-0.2, -0.15) is 4.57 Å². The van der Waals surface area contributed by atoms with Gasteiger partial charge in [-0.25, -0.2) is 0 Å². The van der Waals surface area contributed by atoms with Crippen LogP contribution >= 0.6 is 35.4 Å². The molecular formula is C31H30Cl2N3OS+. The van der Waals surface area contributed by atoms with E-state index in [1.165, 1.54) is 19.3 Å². The highest BCUT2D eigenvalue weighted by molar-refractivity contribution is 7.80. The summed E-state index contributed by atoms with van der Waals surface area (Å²) in [7, 11) is 0. The minimum absolute atomic E-state index is 0.308. The van der Waals surface area contributed by atoms with Crippen LogP contribution in [0.1, 0.15) is 56.0 Å². The van der Waals surface area contributed by atoms with Gasteiger partial charge in [0.2, 0.25) is 11.8 Å². The molecule has 2 aromatic carbocycles. The van der Waals surface area contributed by atoms with Crippen LogP contribution in [0.25, 0.3) is 10.8 Å². The second-order valence-electron chi connectivity index (χ2n) is 12.1. The maximum atomic E-state index is 13.2. The van der Waals surface area contributed by atoms with E-state index in [0.29, 0.717) is 38.4 Å². The van der Waals surface area contributed by atoms with Crippen molar-refractivity contribution in [2.45, 2.75) is 56.2 Å². The molecule has 3 aromatic rings. The Morgan fingerprint density at radius 2 is 1.61 bits per heavy atom. The van der Waals surface area contributed by atoms with Crippen LogP contribution in [0.2, 0.25) is 10.0 Å². The van der Waals surface area contributed by atoms with Crippen molar-refractivity contribution in [2.24, 2.45) is 23.2 Å². The molecule has 5 aliphatic rings. The predicted octanol–water partition coefficient (Wildman–Crippen LogP) is 6.77. The largest absolute Gasteiger partial charge is 0.365 e. The number of hydrogen-bond acceptors (Lipinski definition) is 3. The molecule has 8 rings (SSSR count). The van der Waals surface area contributed by atoms with Crippen LogP contribution in [0.4, 0.5) is 0 Å². The molecular weight excluding hydrogens is 533 g/mol. The topological polar surface area (TPSA) is 60.0 Å². The second kappa shape index (κ2) is 8.87. The number of nitrogens with zero attached hydrogens (tertiary/aromatic N) is 1. The third-order valence-corrected chi connectivity index (χ3v) is 11.0. The molecule has 1 saturated heterocycles. The van der Waals surface area contributed by atoms with Crippen LogP contribution in [0.3, 0.4) is 0 Å². The van der Waals surface area contributed by atoms with Crippen LogP contribution < -0.4 is 9.88 Å². The van der Waals surface area contributed by atoms with Gasteiger partial charge in [0.1, 0.15) is 4.99 Å². The van der Waals surface area contributed by atoms with Gasteiger partial charge in [0, 0.05) is 16.9 Å². The first-order valence-corrected chi connectivity index (χ1v) is 14.7. The number of rotatable bonds is 3. The predicted molar refractivity (Wildman–Crippen MR) is 155 cm³/mol. The molecule has 5 fully saturated rings. The quantitative estimate of drug-likeness (QED) is 0.143. The normalized spacial score (nSPS) is 35.8. The Labute approximate surface area is 238 Å². The molecule has 1 aromatic heterocycles. The highest BCUT2D eigenvalue weighted by atomic mass is 35.5. The van der Waals surface area contributed by atoms with E-state index in [4.69, 9.17) is 40.8 Å². The van der Waals surface area contributed by atoms with E-state index in [0.717, 1.165) is 35.6 Å². The van der Waals surface area contributed by atoms with Gasteiger partial charge in [-0.15, -0.1) is 0 Å². The fourth-order valence-corrected chi connectivity index (χ4v) is 9.42. The highest BCUT2D eigenvalue weighted by Gasteiger charge is 2.69. The second-order valence-corrected chi connectivity index (χ2v) is 13.3. The van der Waals surface area contributed by atoms with Crippen molar-refractivity contribution in [3.63, 3.8) is 0 Å². The Morgan fingerprint density at radius 3 is 2.24 bits per heavy atom. The minimum Gasteiger partial charge on any atom is -0.365 e. The van der Waals surface area contributed by atoms with Gasteiger partial charge in [0.25, 0.3) is 0 Å². The van der Waals surface area contributed by atoms with Gasteiger partial charge >= 0.3 is 0 Å². The molecule has 4 bridgehead atoms. The Bertz CT molecular complexity index is 1500. The average molecular weight is 564 g/mol. The van der Waals surface area contributed by atoms with E-state index in [1.54, 1.807) is 6.07 Å². The molecule has 0 spiro atoms.